The number of esters is 2. The van der Waals surface area contributed by atoms with E-state index in [1.165, 1.54) is 103 Å². The normalized spacial score (nSPS) is 12.8. The molecule has 0 rings (SSSR count). The first-order valence-electron chi connectivity index (χ1n) is 16.9. The van der Waals surface area contributed by atoms with Gasteiger partial charge in [0.05, 0.1) is 25.0 Å². The highest BCUT2D eigenvalue weighted by molar-refractivity contribution is 5.82. The van der Waals surface area contributed by atoms with E-state index in [9.17, 15) is 9.59 Å². The van der Waals surface area contributed by atoms with Crippen molar-refractivity contribution in [2.75, 3.05) is 13.2 Å². The van der Waals surface area contributed by atoms with Gasteiger partial charge >= 0.3 is 11.9 Å². The molecule has 0 fully saturated rings. The minimum atomic E-state index is -0.364. The molecular weight excluding hydrogens is 472 g/mol. The number of carbonyl (C=O) groups is 2. The third kappa shape index (κ3) is 21.8. The Balaban J connectivity index is 4.79. The molecule has 0 aliphatic carbocycles. The Kier molecular flexibility index (Phi) is 28.1. The summed E-state index contributed by atoms with van der Waals surface area (Å²) in [6.45, 7) is 9.39. The topological polar surface area (TPSA) is 52.6 Å². The van der Waals surface area contributed by atoms with Crippen molar-refractivity contribution in [3.8, 4) is 0 Å². The molecule has 2 unspecified atom stereocenters. The summed E-state index contributed by atoms with van der Waals surface area (Å²) in [5, 5.41) is 0. The molecule has 0 saturated carbocycles. The van der Waals surface area contributed by atoms with Gasteiger partial charge in [0.1, 0.15) is 0 Å². The van der Waals surface area contributed by atoms with Crippen LogP contribution in [0, 0.1) is 11.8 Å². The Hall–Kier alpha value is -1.06. The summed E-state index contributed by atoms with van der Waals surface area (Å²) in [6, 6.07) is 0. The van der Waals surface area contributed by atoms with Gasteiger partial charge in [0.25, 0.3) is 0 Å². The Bertz CT molecular complexity index is 519. The molecule has 0 aromatic heterocycles. The van der Waals surface area contributed by atoms with Crippen LogP contribution in [-0.2, 0) is 19.1 Å². The molecule has 2 atom stereocenters. The fourth-order valence-electron chi connectivity index (χ4n) is 5.37. The fraction of sp³-hybridized carbons (Fsp3) is 0.941. The van der Waals surface area contributed by atoms with Crippen molar-refractivity contribution in [2.45, 2.75) is 182 Å². The molecule has 4 nitrogen and oxygen atoms in total. The molecular formula is C34H66O4. The highest BCUT2D eigenvalue weighted by Crippen LogP contribution is 2.28. The van der Waals surface area contributed by atoms with Crippen LogP contribution in [0.4, 0.5) is 0 Å². The van der Waals surface area contributed by atoms with Crippen LogP contribution in [0.1, 0.15) is 182 Å². The van der Waals surface area contributed by atoms with Gasteiger partial charge in [-0.1, -0.05) is 156 Å². The second kappa shape index (κ2) is 28.9. The van der Waals surface area contributed by atoms with Crippen molar-refractivity contribution in [3.63, 3.8) is 0 Å². The lowest BCUT2D eigenvalue weighted by molar-refractivity contribution is -0.161. The fourth-order valence-corrected chi connectivity index (χ4v) is 5.37. The maximum Gasteiger partial charge on any atom is 0.309 e. The predicted octanol–water partition coefficient (Wildman–Crippen LogP) is 10.7. The lowest BCUT2D eigenvalue weighted by atomic mass is 9.83. The Morgan fingerprint density at radius 3 is 1.11 bits per heavy atom. The van der Waals surface area contributed by atoms with Gasteiger partial charge in [-0.05, 0) is 26.2 Å². The average molecular weight is 539 g/mol. The maximum atomic E-state index is 13.2. The Morgan fingerprint density at radius 1 is 0.421 bits per heavy atom. The first kappa shape index (κ1) is 36.9. The van der Waals surface area contributed by atoms with Gasteiger partial charge in [0.2, 0.25) is 0 Å². The van der Waals surface area contributed by atoms with Crippen molar-refractivity contribution in [3.05, 3.63) is 0 Å². The Morgan fingerprint density at radius 2 is 0.737 bits per heavy atom. The zero-order chi connectivity index (χ0) is 28.1. The monoisotopic (exact) mass is 538 g/mol. The smallest absolute Gasteiger partial charge is 0.309 e. The van der Waals surface area contributed by atoms with Crippen LogP contribution in [-0.4, -0.2) is 25.2 Å². The third-order valence-electron chi connectivity index (χ3n) is 7.86. The molecule has 226 valence electrons. The van der Waals surface area contributed by atoms with Gasteiger partial charge in [-0.2, -0.15) is 0 Å². The SMILES string of the molecule is CCCCCCCCCCCCC(C(=O)OCCCCCC)C(CCCCCCCCCC)C(=O)OCC. The molecule has 0 bridgehead atoms. The van der Waals surface area contributed by atoms with E-state index < -0.39 is 0 Å². The van der Waals surface area contributed by atoms with Gasteiger partial charge in [-0.25, -0.2) is 0 Å². The maximum absolute atomic E-state index is 13.2. The molecule has 0 saturated heterocycles. The molecule has 0 aliphatic rings. The van der Waals surface area contributed by atoms with Crippen molar-refractivity contribution >= 4 is 11.9 Å². The van der Waals surface area contributed by atoms with E-state index in [4.69, 9.17) is 9.47 Å². The molecule has 4 heteroatoms. The summed E-state index contributed by atoms with van der Waals surface area (Å²) >= 11 is 0. The molecule has 0 amide bonds. The number of hydrogen-bond acceptors (Lipinski definition) is 4. The summed E-state index contributed by atoms with van der Waals surface area (Å²) in [4.78, 5) is 26.2. The lowest BCUT2D eigenvalue weighted by Crippen LogP contribution is -2.33. The van der Waals surface area contributed by atoms with Gasteiger partial charge in [-0.3, -0.25) is 9.59 Å². The zero-order valence-corrected chi connectivity index (χ0v) is 26.2. The molecule has 0 heterocycles. The van der Waals surface area contributed by atoms with Crippen LogP contribution in [0.25, 0.3) is 0 Å². The van der Waals surface area contributed by atoms with Crippen LogP contribution >= 0.6 is 0 Å². The summed E-state index contributed by atoms with van der Waals surface area (Å²) < 4.78 is 11.2. The van der Waals surface area contributed by atoms with E-state index in [2.05, 4.69) is 20.8 Å². The number of hydrogen-bond donors (Lipinski definition) is 0. The van der Waals surface area contributed by atoms with Crippen LogP contribution in [0.3, 0.4) is 0 Å². The average Bonchev–Trinajstić information content (AvgIpc) is 2.91. The van der Waals surface area contributed by atoms with Crippen LogP contribution < -0.4 is 0 Å². The van der Waals surface area contributed by atoms with Crippen LogP contribution in [0.2, 0.25) is 0 Å². The highest BCUT2D eigenvalue weighted by atomic mass is 16.5. The summed E-state index contributed by atoms with van der Waals surface area (Å²) in [5.74, 6) is -1.10. The molecule has 0 aromatic carbocycles. The second-order valence-electron chi connectivity index (χ2n) is 11.4. The second-order valence-corrected chi connectivity index (χ2v) is 11.4. The number of carbonyl (C=O) groups excluding carboxylic acids is 2. The predicted molar refractivity (Wildman–Crippen MR) is 162 cm³/mol. The molecule has 0 spiro atoms. The van der Waals surface area contributed by atoms with E-state index in [1.54, 1.807) is 0 Å². The van der Waals surface area contributed by atoms with Crippen molar-refractivity contribution in [1.82, 2.24) is 0 Å². The minimum Gasteiger partial charge on any atom is -0.466 e. The minimum absolute atomic E-state index is 0.171. The molecule has 0 radical (unpaired) electrons. The lowest BCUT2D eigenvalue weighted by Gasteiger charge is -2.24. The Labute approximate surface area is 237 Å². The standard InChI is InChI=1S/C34H66O4/c1-5-9-12-15-17-19-20-22-24-26-29-32(34(36)38-30-27-14-11-7-3)31(33(35)37-8-4)28-25-23-21-18-16-13-10-6-2/h31-32H,5-30H2,1-4H3. The molecule has 0 aromatic rings. The van der Waals surface area contributed by atoms with Crippen LogP contribution in [0.15, 0.2) is 0 Å². The van der Waals surface area contributed by atoms with E-state index >= 15 is 0 Å². The van der Waals surface area contributed by atoms with Crippen LogP contribution in [0.5, 0.6) is 0 Å². The zero-order valence-electron chi connectivity index (χ0n) is 26.2. The van der Waals surface area contributed by atoms with Gasteiger partial charge in [-0.15, -0.1) is 0 Å². The first-order chi connectivity index (χ1) is 18.6. The first-order valence-corrected chi connectivity index (χ1v) is 16.9. The quantitative estimate of drug-likeness (QED) is 0.0702. The van der Waals surface area contributed by atoms with E-state index in [1.807, 2.05) is 6.92 Å². The molecule has 0 aliphatic heterocycles. The van der Waals surface area contributed by atoms with Gasteiger partial charge in [0.15, 0.2) is 0 Å². The summed E-state index contributed by atoms with van der Waals surface area (Å²) in [7, 11) is 0. The van der Waals surface area contributed by atoms with Gasteiger partial charge in [0, 0.05) is 0 Å². The van der Waals surface area contributed by atoms with Crippen molar-refractivity contribution in [2.24, 2.45) is 11.8 Å². The number of ether oxygens (including phenoxy) is 2. The van der Waals surface area contributed by atoms with E-state index in [0.29, 0.717) is 13.2 Å². The molecule has 38 heavy (non-hydrogen) atoms. The molecule has 0 N–H and O–H groups in total. The van der Waals surface area contributed by atoms with E-state index in [-0.39, 0.29) is 23.8 Å². The largest absolute Gasteiger partial charge is 0.466 e. The summed E-state index contributed by atoms with van der Waals surface area (Å²) in [6.07, 6.45) is 28.3. The number of unbranched alkanes of at least 4 members (excludes halogenated alkanes) is 19. The van der Waals surface area contributed by atoms with Crippen molar-refractivity contribution in [1.29, 1.82) is 0 Å². The van der Waals surface area contributed by atoms with Crippen molar-refractivity contribution < 1.29 is 19.1 Å². The van der Waals surface area contributed by atoms with E-state index in [0.717, 1.165) is 51.4 Å². The highest BCUT2D eigenvalue weighted by Gasteiger charge is 2.35. The third-order valence-corrected chi connectivity index (χ3v) is 7.86. The van der Waals surface area contributed by atoms with Gasteiger partial charge < -0.3 is 9.47 Å². The number of rotatable bonds is 29. The summed E-state index contributed by atoms with van der Waals surface area (Å²) in [5.41, 5.74) is 0.